The molecule has 1 fully saturated rings. The second-order valence-electron chi connectivity index (χ2n) is 9.71. The Balaban J connectivity index is 1.42. The highest BCUT2D eigenvalue weighted by Gasteiger charge is 2.35. The van der Waals surface area contributed by atoms with Gasteiger partial charge in [0.05, 0.1) is 12.0 Å². The molecule has 4 amide bonds. The van der Waals surface area contributed by atoms with E-state index in [0.717, 1.165) is 42.5 Å². The number of anilines is 3. The Labute approximate surface area is 228 Å². The molecule has 10 nitrogen and oxygen atoms in total. The Morgan fingerprint density at radius 2 is 1.77 bits per heavy atom. The van der Waals surface area contributed by atoms with Crippen molar-refractivity contribution in [1.29, 1.82) is 0 Å². The summed E-state index contributed by atoms with van der Waals surface area (Å²) in [5.41, 5.74) is 0.267. The first-order chi connectivity index (χ1) is 19.0. The van der Waals surface area contributed by atoms with Crippen LogP contribution in [0.25, 0.3) is 0 Å². The van der Waals surface area contributed by atoms with E-state index in [4.69, 9.17) is 4.52 Å². The van der Waals surface area contributed by atoms with E-state index < -0.39 is 23.7 Å². The summed E-state index contributed by atoms with van der Waals surface area (Å²) in [6.45, 7) is 1.83. The first-order valence-corrected chi connectivity index (χ1v) is 12.8. The van der Waals surface area contributed by atoms with Gasteiger partial charge in [-0.2, -0.15) is 13.2 Å². The molecule has 0 bridgehead atoms. The van der Waals surface area contributed by atoms with E-state index in [-0.39, 0.29) is 41.5 Å². The molecule has 1 aromatic heterocycles. The van der Waals surface area contributed by atoms with E-state index >= 15 is 0 Å². The van der Waals surface area contributed by atoms with Gasteiger partial charge in [-0.25, -0.2) is 4.79 Å². The minimum absolute atomic E-state index is 0.0253. The summed E-state index contributed by atoms with van der Waals surface area (Å²) in [6, 6.07) is 9.01. The topological polar surface area (TPSA) is 129 Å². The molecule has 3 aromatic rings. The van der Waals surface area contributed by atoms with Crippen molar-refractivity contribution in [1.82, 2.24) is 10.6 Å². The molecule has 1 heterocycles. The highest BCUT2D eigenvalue weighted by Crippen LogP contribution is 2.34. The molecule has 212 valence electrons. The number of carbonyl (C=O) groups excluding carboxylic acids is 3. The lowest BCUT2D eigenvalue weighted by Gasteiger charge is -2.22. The summed E-state index contributed by atoms with van der Waals surface area (Å²) >= 11 is 0. The molecular formula is C27H30F3N6O4+. The van der Waals surface area contributed by atoms with Gasteiger partial charge in [-0.3, -0.25) is 19.4 Å². The van der Waals surface area contributed by atoms with Gasteiger partial charge < -0.3 is 16.0 Å². The van der Waals surface area contributed by atoms with E-state index in [1.807, 2.05) is 19.1 Å². The third kappa shape index (κ3) is 7.36. The highest BCUT2D eigenvalue weighted by atomic mass is 19.4. The summed E-state index contributed by atoms with van der Waals surface area (Å²) < 4.78 is 47.4. The van der Waals surface area contributed by atoms with Crippen LogP contribution < -0.4 is 25.9 Å². The molecule has 2 aromatic carbocycles. The molecule has 0 saturated heterocycles. The number of carbonyl (C=O) groups is 3. The van der Waals surface area contributed by atoms with Crippen molar-refractivity contribution in [3.8, 4) is 0 Å². The molecule has 0 aliphatic heterocycles. The van der Waals surface area contributed by atoms with E-state index in [1.165, 1.54) is 16.9 Å². The van der Waals surface area contributed by atoms with Crippen molar-refractivity contribution >= 4 is 35.1 Å². The third-order valence-corrected chi connectivity index (χ3v) is 6.77. The Morgan fingerprint density at radius 3 is 2.48 bits per heavy atom. The maximum absolute atomic E-state index is 13.6. The van der Waals surface area contributed by atoms with Gasteiger partial charge in [0.1, 0.15) is 0 Å². The minimum Gasteiger partial charge on any atom is -0.359 e. The molecule has 40 heavy (non-hydrogen) atoms. The van der Waals surface area contributed by atoms with Crippen LogP contribution >= 0.6 is 0 Å². The second kappa shape index (κ2) is 12.2. The number of nitrogens with zero attached hydrogens (tertiary/aromatic N) is 2. The van der Waals surface area contributed by atoms with Crippen molar-refractivity contribution < 1.29 is 36.8 Å². The molecule has 1 aliphatic carbocycles. The molecule has 13 heteroatoms. The normalized spacial score (nSPS) is 17.1. The fraction of sp³-hybridized carbons (Fsp3) is 0.370. The van der Waals surface area contributed by atoms with Crippen molar-refractivity contribution in [2.24, 2.45) is 5.92 Å². The average molecular weight is 560 g/mol. The van der Waals surface area contributed by atoms with Crippen molar-refractivity contribution in [2.75, 3.05) is 23.0 Å². The van der Waals surface area contributed by atoms with Gasteiger partial charge in [0.25, 0.3) is 6.20 Å². The summed E-state index contributed by atoms with van der Waals surface area (Å²) in [7, 11) is 1.59. The maximum atomic E-state index is 13.6. The van der Waals surface area contributed by atoms with Crippen LogP contribution in [0.1, 0.15) is 48.4 Å². The number of nitrogens with one attached hydrogen (secondary N) is 4. The van der Waals surface area contributed by atoms with Gasteiger partial charge in [0.2, 0.25) is 17.1 Å². The number of hydrogen-bond donors (Lipinski definition) is 4. The number of amides is 4. The molecule has 4 N–H and O–H groups in total. The largest absolute Gasteiger partial charge is 0.416 e. The molecular weight excluding hydrogens is 529 g/mol. The smallest absolute Gasteiger partial charge is 0.359 e. The van der Waals surface area contributed by atoms with Gasteiger partial charge in [0, 0.05) is 37.2 Å². The lowest BCUT2D eigenvalue weighted by atomic mass is 9.85. The standard InChI is InChI=1S/C27H29F3N6O4/c1-16-6-3-4-7-17(16)11-23(37)32-20-12-19(27(28,29)30)13-21(14-20)33-26(39)34-24-15-36(35-40-24)22-9-5-8-18(10-22)25(38)31-2/h3-4,6-7,12-15,18,22H,5,8-11H2,1-2H3,(H3-,31,32,33,34,35,37,38,39)/p+1/t18-,22+/m1/s1. The lowest BCUT2D eigenvalue weighted by molar-refractivity contribution is -0.787. The first kappa shape index (κ1) is 28.6. The lowest BCUT2D eigenvalue weighted by Crippen LogP contribution is -2.45. The van der Waals surface area contributed by atoms with Crippen LogP contribution in [0.3, 0.4) is 0 Å². The van der Waals surface area contributed by atoms with E-state index in [9.17, 15) is 27.6 Å². The van der Waals surface area contributed by atoms with E-state index in [0.29, 0.717) is 6.42 Å². The third-order valence-electron chi connectivity index (χ3n) is 6.77. The van der Waals surface area contributed by atoms with Gasteiger partial charge in [0.15, 0.2) is 6.04 Å². The van der Waals surface area contributed by atoms with Crippen molar-refractivity contribution in [2.45, 2.75) is 51.2 Å². The summed E-state index contributed by atoms with van der Waals surface area (Å²) in [4.78, 5) is 37.1. The number of urea groups is 1. The molecule has 2 atom stereocenters. The number of hydrogen-bond acceptors (Lipinski definition) is 5. The number of alkyl halides is 3. The minimum atomic E-state index is -4.72. The predicted molar refractivity (Wildman–Crippen MR) is 139 cm³/mol. The van der Waals surface area contributed by atoms with Crippen molar-refractivity contribution in [3.63, 3.8) is 0 Å². The Hall–Kier alpha value is -4.42. The van der Waals surface area contributed by atoms with Crippen LogP contribution in [0.4, 0.5) is 35.2 Å². The second-order valence-corrected chi connectivity index (χ2v) is 9.71. The number of aryl methyl sites for hydroxylation is 1. The molecule has 0 unspecified atom stereocenters. The highest BCUT2D eigenvalue weighted by molar-refractivity contribution is 6.00. The fourth-order valence-electron chi connectivity index (χ4n) is 4.73. The molecule has 4 rings (SSSR count). The van der Waals surface area contributed by atoms with Gasteiger partial charge in [-0.15, -0.1) is 0 Å². The van der Waals surface area contributed by atoms with Crippen LogP contribution in [0.5, 0.6) is 0 Å². The summed E-state index contributed by atoms with van der Waals surface area (Å²) in [5.74, 6) is -0.728. The zero-order valence-electron chi connectivity index (χ0n) is 22.0. The average Bonchev–Trinajstić information content (AvgIpc) is 3.37. The Kier molecular flexibility index (Phi) is 8.70. The molecule has 0 radical (unpaired) electrons. The van der Waals surface area contributed by atoms with E-state index in [1.54, 1.807) is 19.2 Å². The zero-order valence-corrected chi connectivity index (χ0v) is 22.0. The summed E-state index contributed by atoms with van der Waals surface area (Å²) in [5, 5.41) is 13.8. The van der Waals surface area contributed by atoms with Gasteiger partial charge >= 0.3 is 18.1 Å². The molecule has 0 spiro atoms. The van der Waals surface area contributed by atoms with Gasteiger partial charge in [-0.1, -0.05) is 24.3 Å². The zero-order chi connectivity index (χ0) is 28.9. The SMILES string of the molecule is CNC(=O)[C@@H]1CCC[C@H]([n+]2cc(NC(=O)Nc3cc(NC(=O)Cc4ccccc4C)cc(C(F)(F)F)c3)on2)C1. The Morgan fingerprint density at radius 1 is 1.05 bits per heavy atom. The number of benzene rings is 2. The van der Waals surface area contributed by atoms with Crippen LogP contribution in [0.2, 0.25) is 0 Å². The monoisotopic (exact) mass is 559 g/mol. The number of rotatable bonds is 7. The van der Waals surface area contributed by atoms with Crippen LogP contribution in [0.15, 0.2) is 53.2 Å². The quantitative estimate of drug-likeness (QED) is 0.315. The molecule has 1 saturated carbocycles. The first-order valence-electron chi connectivity index (χ1n) is 12.8. The Bertz CT molecular complexity index is 1390. The maximum Gasteiger partial charge on any atom is 0.416 e. The van der Waals surface area contributed by atoms with Crippen LogP contribution in [-0.4, -0.2) is 30.2 Å². The van der Waals surface area contributed by atoms with Gasteiger partial charge in [-0.05, 0) is 53.8 Å². The number of halogens is 3. The van der Waals surface area contributed by atoms with Crippen molar-refractivity contribution in [3.05, 3.63) is 65.4 Å². The summed E-state index contributed by atoms with van der Waals surface area (Å²) in [6.07, 6.45) is -0.350. The van der Waals surface area contributed by atoms with Crippen LogP contribution in [-0.2, 0) is 22.2 Å². The fourth-order valence-corrected chi connectivity index (χ4v) is 4.73. The van der Waals surface area contributed by atoms with E-state index in [2.05, 4.69) is 26.5 Å². The van der Waals surface area contributed by atoms with Crippen LogP contribution in [0, 0.1) is 12.8 Å². The predicted octanol–water partition coefficient (Wildman–Crippen LogP) is 4.59. The number of aromatic nitrogens is 2. The molecule has 1 aliphatic rings.